The molecule has 2 nitrogen and oxygen atoms in total. The van der Waals surface area contributed by atoms with Gasteiger partial charge in [-0.25, -0.2) is 0 Å². The summed E-state index contributed by atoms with van der Waals surface area (Å²) in [5, 5.41) is 20.9. The number of aromatic hydroxyl groups is 1. The standard InChI is InChI=1S/C16H15NOS/c1-2-4-13-9-12(6-7-15(13)18)10-14(11-17)16-5-3-8-19-16/h3,5-10,18H,2,4H2,1H3/b14-10+. The molecule has 0 saturated carbocycles. The number of hydrogen-bond acceptors (Lipinski definition) is 3. The van der Waals surface area contributed by atoms with Crippen molar-refractivity contribution in [2.45, 2.75) is 19.8 Å². The monoisotopic (exact) mass is 269 g/mol. The first kappa shape index (κ1) is 13.4. The highest BCUT2D eigenvalue weighted by Crippen LogP contribution is 2.25. The summed E-state index contributed by atoms with van der Waals surface area (Å²) >= 11 is 1.55. The minimum atomic E-state index is 0.327. The SMILES string of the molecule is CCCc1cc(/C=C(\C#N)c2cccs2)ccc1O. The lowest BCUT2D eigenvalue weighted by atomic mass is 10.0. The van der Waals surface area contributed by atoms with Crippen LogP contribution >= 0.6 is 11.3 Å². The number of phenolic OH excluding ortho intramolecular Hbond substituents is 1. The molecule has 2 rings (SSSR count). The van der Waals surface area contributed by atoms with Gasteiger partial charge in [0, 0.05) is 4.88 Å². The second kappa shape index (κ2) is 6.21. The lowest BCUT2D eigenvalue weighted by molar-refractivity contribution is 0.467. The lowest BCUT2D eigenvalue weighted by Crippen LogP contribution is -1.86. The molecule has 96 valence electrons. The largest absolute Gasteiger partial charge is 0.508 e. The first-order valence-corrected chi connectivity index (χ1v) is 7.10. The summed E-state index contributed by atoms with van der Waals surface area (Å²) < 4.78 is 0. The van der Waals surface area contributed by atoms with Crippen LogP contribution in [0.3, 0.4) is 0 Å². The summed E-state index contributed by atoms with van der Waals surface area (Å²) in [5.41, 5.74) is 2.54. The van der Waals surface area contributed by atoms with Crippen molar-refractivity contribution in [1.29, 1.82) is 5.26 Å². The van der Waals surface area contributed by atoms with Crippen LogP contribution in [-0.4, -0.2) is 5.11 Å². The third kappa shape index (κ3) is 3.24. The van der Waals surface area contributed by atoms with Crippen molar-refractivity contribution < 1.29 is 5.11 Å². The van der Waals surface area contributed by atoms with Gasteiger partial charge < -0.3 is 5.11 Å². The lowest BCUT2D eigenvalue weighted by Gasteiger charge is -2.04. The Balaban J connectivity index is 2.37. The summed E-state index contributed by atoms with van der Waals surface area (Å²) in [6.07, 6.45) is 3.69. The number of thiophene rings is 1. The van der Waals surface area contributed by atoms with Gasteiger partial charge in [0.15, 0.2) is 0 Å². The topological polar surface area (TPSA) is 44.0 Å². The molecule has 0 spiro atoms. The highest BCUT2D eigenvalue weighted by atomic mass is 32.1. The molecule has 1 N–H and O–H groups in total. The second-order valence-electron chi connectivity index (χ2n) is 4.29. The van der Waals surface area contributed by atoms with Crippen molar-refractivity contribution in [2.75, 3.05) is 0 Å². The number of phenols is 1. The van der Waals surface area contributed by atoms with Crippen LogP contribution < -0.4 is 0 Å². The van der Waals surface area contributed by atoms with E-state index in [0.717, 1.165) is 28.8 Å². The maximum Gasteiger partial charge on any atom is 0.118 e. The molecule has 0 saturated heterocycles. The number of aryl methyl sites for hydroxylation is 1. The molecule has 19 heavy (non-hydrogen) atoms. The highest BCUT2D eigenvalue weighted by Gasteiger charge is 2.04. The first-order chi connectivity index (χ1) is 9.24. The molecule has 0 aliphatic heterocycles. The van der Waals surface area contributed by atoms with Crippen LogP contribution in [0.4, 0.5) is 0 Å². The molecule has 0 atom stereocenters. The predicted octanol–water partition coefficient (Wildman–Crippen LogP) is 4.47. The van der Waals surface area contributed by atoms with Gasteiger partial charge >= 0.3 is 0 Å². The summed E-state index contributed by atoms with van der Waals surface area (Å²) in [6, 6.07) is 11.6. The minimum absolute atomic E-state index is 0.327. The van der Waals surface area contributed by atoms with Crippen molar-refractivity contribution in [3.05, 3.63) is 51.7 Å². The molecule has 0 fully saturated rings. The van der Waals surface area contributed by atoms with Gasteiger partial charge in [-0.2, -0.15) is 5.26 Å². The van der Waals surface area contributed by atoms with E-state index >= 15 is 0 Å². The minimum Gasteiger partial charge on any atom is -0.508 e. The quantitative estimate of drug-likeness (QED) is 0.832. The fourth-order valence-electron chi connectivity index (χ4n) is 1.92. The van der Waals surface area contributed by atoms with E-state index in [9.17, 15) is 10.4 Å². The van der Waals surface area contributed by atoms with Gasteiger partial charge in [-0.15, -0.1) is 11.3 Å². The smallest absolute Gasteiger partial charge is 0.118 e. The third-order valence-electron chi connectivity index (χ3n) is 2.84. The van der Waals surface area contributed by atoms with Crippen LogP contribution in [0.1, 0.15) is 29.3 Å². The van der Waals surface area contributed by atoms with Gasteiger partial charge in [-0.05, 0) is 47.2 Å². The average molecular weight is 269 g/mol. The summed E-state index contributed by atoms with van der Waals surface area (Å²) in [4.78, 5) is 0.965. The zero-order valence-electron chi connectivity index (χ0n) is 10.8. The molecule has 1 heterocycles. The van der Waals surface area contributed by atoms with Gasteiger partial charge in [-0.3, -0.25) is 0 Å². The Morgan fingerprint density at radius 2 is 2.26 bits per heavy atom. The van der Waals surface area contributed by atoms with E-state index in [-0.39, 0.29) is 0 Å². The maximum absolute atomic E-state index is 9.76. The maximum atomic E-state index is 9.76. The number of nitrogens with zero attached hydrogens (tertiary/aromatic N) is 1. The molecule has 0 aliphatic carbocycles. The number of nitriles is 1. The van der Waals surface area contributed by atoms with E-state index in [1.165, 1.54) is 0 Å². The van der Waals surface area contributed by atoms with E-state index in [4.69, 9.17) is 0 Å². The second-order valence-corrected chi connectivity index (χ2v) is 5.23. The number of allylic oxidation sites excluding steroid dienone is 1. The van der Waals surface area contributed by atoms with E-state index in [1.54, 1.807) is 17.4 Å². The van der Waals surface area contributed by atoms with Gasteiger partial charge in [0.1, 0.15) is 11.8 Å². The fourth-order valence-corrected chi connectivity index (χ4v) is 2.61. The van der Waals surface area contributed by atoms with E-state index in [1.807, 2.05) is 35.7 Å². The average Bonchev–Trinajstić information content (AvgIpc) is 2.93. The molecule has 0 unspecified atom stereocenters. The number of hydrogen-bond donors (Lipinski definition) is 1. The summed E-state index contributed by atoms with van der Waals surface area (Å²) in [6.45, 7) is 2.08. The fraction of sp³-hybridized carbons (Fsp3) is 0.188. The highest BCUT2D eigenvalue weighted by molar-refractivity contribution is 7.11. The van der Waals surface area contributed by atoms with Gasteiger partial charge in [0.25, 0.3) is 0 Å². The van der Waals surface area contributed by atoms with Crippen molar-refractivity contribution >= 4 is 23.0 Å². The Kier molecular flexibility index (Phi) is 4.38. The number of rotatable bonds is 4. The first-order valence-electron chi connectivity index (χ1n) is 6.22. The van der Waals surface area contributed by atoms with E-state index in [2.05, 4.69) is 13.0 Å². The molecule has 0 aliphatic rings. The Bertz CT molecular complexity index is 621. The zero-order chi connectivity index (χ0) is 13.7. The van der Waals surface area contributed by atoms with Crippen LogP contribution in [0.2, 0.25) is 0 Å². The van der Waals surface area contributed by atoms with Crippen LogP contribution in [-0.2, 0) is 6.42 Å². The van der Waals surface area contributed by atoms with Gasteiger partial charge in [0.2, 0.25) is 0 Å². The Hall–Kier alpha value is -2.05. The summed E-state index contributed by atoms with van der Waals surface area (Å²) in [7, 11) is 0. The predicted molar refractivity (Wildman–Crippen MR) is 79.9 cm³/mol. The molecule has 2 aromatic rings. The number of benzene rings is 1. The van der Waals surface area contributed by atoms with Crippen LogP contribution in [0, 0.1) is 11.3 Å². The van der Waals surface area contributed by atoms with Crippen molar-refractivity contribution in [3.8, 4) is 11.8 Å². The molecular weight excluding hydrogens is 254 g/mol. The Morgan fingerprint density at radius 3 is 2.89 bits per heavy atom. The van der Waals surface area contributed by atoms with Gasteiger partial charge in [0.05, 0.1) is 5.57 Å². The molecular formula is C16H15NOS. The third-order valence-corrected chi connectivity index (χ3v) is 3.74. The van der Waals surface area contributed by atoms with Crippen molar-refractivity contribution in [2.24, 2.45) is 0 Å². The van der Waals surface area contributed by atoms with E-state index < -0.39 is 0 Å². The van der Waals surface area contributed by atoms with Crippen molar-refractivity contribution in [3.63, 3.8) is 0 Å². The molecule has 0 radical (unpaired) electrons. The normalized spacial score (nSPS) is 11.3. The summed E-state index contributed by atoms with van der Waals surface area (Å²) in [5.74, 6) is 0.327. The Labute approximate surface area is 117 Å². The molecule has 3 heteroatoms. The van der Waals surface area contributed by atoms with Crippen LogP contribution in [0.15, 0.2) is 35.7 Å². The molecule has 0 amide bonds. The Morgan fingerprint density at radius 1 is 1.42 bits per heavy atom. The zero-order valence-corrected chi connectivity index (χ0v) is 11.6. The molecule has 0 bridgehead atoms. The van der Waals surface area contributed by atoms with E-state index in [0.29, 0.717) is 11.3 Å². The molecule has 1 aromatic heterocycles. The molecule has 1 aromatic carbocycles. The van der Waals surface area contributed by atoms with Crippen molar-refractivity contribution in [1.82, 2.24) is 0 Å². The van der Waals surface area contributed by atoms with Crippen LogP contribution in [0.5, 0.6) is 5.75 Å². The van der Waals surface area contributed by atoms with Gasteiger partial charge in [-0.1, -0.05) is 25.5 Å². The van der Waals surface area contributed by atoms with Crippen LogP contribution in [0.25, 0.3) is 11.6 Å².